The lowest BCUT2D eigenvalue weighted by Gasteiger charge is -2.24. The standard InChI is InChI=1S/C9H11ClF3N3O2/c1-18-8-14-4-6(10)7(15-8)16(2-3-17)5-9(11,12)13/h4,17H,2-3,5H2,1H3. The first-order chi connectivity index (χ1) is 8.37. The van der Waals surface area contributed by atoms with E-state index in [9.17, 15) is 13.2 Å². The minimum atomic E-state index is -4.43. The molecule has 0 aromatic carbocycles. The molecule has 0 saturated carbocycles. The maximum absolute atomic E-state index is 12.4. The third-order valence-electron chi connectivity index (χ3n) is 1.93. The Morgan fingerprint density at radius 3 is 2.67 bits per heavy atom. The molecule has 0 radical (unpaired) electrons. The second-order valence-corrected chi connectivity index (χ2v) is 3.70. The van der Waals surface area contributed by atoms with E-state index >= 15 is 0 Å². The average molecular weight is 286 g/mol. The zero-order valence-corrected chi connectivity index (χ0v) is 10.2. The molecule has 0 fully saturated rings. The van der Waals surface area contributed by atoms with Crippen LogP contribution in [-0.2, 0) is 0 Å². The van der Waals surface area contributed by atoms with Gasteiger partial charge in [0.05, 0.1) is 19.9 Å². The van der Waals surface area contributed by atoms with Gasteiger partial charge < -0.3 is 14.7 Å². The van der Waals surface area contributed by atoms with Gasteiger partial charge in [0.15, 0.2) is 5.82 Å². The highest BCUT2D eigenvalue weighted by Crippen LogP contribution is 2.27. The van der Waals surface area contributed by atoms with Crippen molar-refractivity contribution in [1.82, 2.24) is 9.97 Å². The molecule has 0 bridgehead atoms. The van der Waals surface area contributed by atoms with Crippen LogP contribution in [0.1, 0.15) is 0 Å². The molecule has 0 amide bonds. The number of rotatable bonds is 5. The molecule has 1 aromatic rings. The molecule has 18 heavy (non-hydrogen) atoms. The second-order valence-electron chi connectivity index (χ2n) is 3.29. The lowest BCUT2D eigenvalue weighted by Crippen LogP contribution is -2.37. The topological polar surface area (TPSA) is 58.5 Å². The largest absolute Gasteiger partial charge is 0.467 e. The molecule has 1 rings (SSSR count). The van der Waals surface area contributed by atoms with Crippen LogP contribution in [0, 0.1) is 0 Å². The van der Waals surface area contributed by atoms with Crippen molar-refractivity contribution in [2.45, 2.75) is 6.18 Å². The van der Waals surface area contributed by atoms with Crippen molar-refractivity contribution in [1.29, 1.82) is 0 Å². The molecular formula is C9H11ClF3N3O2. The Balaban J connectivity index is 3.04. The molecule has 0 aliphatic carbocycles. The van der Waals surface area contributed by atoms with E-state index in [2.05, 4.69) is 9.97 Å². The Morgan fingerprint density at radius 1 is 1.50 bits per heavy atom. The van der Waals surface area contributed by atoms with E-state index in [-0.39, 0.29) is 23.4 Å². The minimum absolute atomic E-state index is 0.0477. The number of aromatic nitrogens is 2. The average Bonchev–Trinajstić information content (AvgIpc) is 2.27. The van der Waals surface area contributed by atoms with Gasteiger partial charge in [0.25, 0.3) is 0 Å². The van der Waals surface area contributed by atoms with Gasteiger partial charge in [-0.15, -0.1) is 0 Å². The Labute approximate surface area is 106 Å². The van der Waals surface area contributed by atoms with Crippen LogP contribution in [0.3, 0.4) is 0 Å². The molecule has 9 heteroatoms. The van der Waals surface area contributed by atoms with Gasteiger partial charge in [-0.1, -0.05) is 11.6 Å². The third kappa shape index (κ3) is 4.19. The molecule has 0 atom stereocenters. The SMILES string of the molecule is COc1ncc(Cl)c(N(CCO)CC(F)(F)F)n1. The van der Waals surface area contributed by atoms with E-state index in [0.29, 0.717) is 0 Å². The molecule has 5 nitrogen and oxygen atoms in total. The summed E-state index contributed by atoms with van der Waals surface area (Å²) < 4.78 is 41.9. The van der Waals surface area contributed by atoms with Gasteiger partial charge in [-0.25, -0.2) is 4.98 Å². The summed E-state index contributed by atoms with van der Waals surface area (Å²) in [5, 5.41) is 8.74. The minimum Gasteiger partial charge on any atom is -0.467 e. The summed E-state index contributed by atoms with van der Waals surface area (Å²) in [6.07, 6.45) is -3.29. The van der Waals surface area contributed by atoms with Crippen LogP contribution >= 0.6 is 11.6 Å². The van der Waals surface area contributed by atoms with Crippen LogP contribution < -0.4 is 9.64 Å². The number of halogens is 4. The van der Waals surface area contributed by atoms with Crippen molar-refractivity contribution in [3.05, 3.63) is 11.2 Å². The van der Waals surface area contributed by atoms with Crippen LogP contribution in [0.4, 0.5) is 19.0 Å². The van der Waals surface area contributed by atoms with Gasteiger partial charge in [0.1, 0.15) is 11.6 Å². The summed E-state index contributed by atoms with van der Waals surface area (Å²) in [6.45, 7) is -1.98. The Bertz CT molecular complexity index is 403. The summed E-state index contributed by atoms with van der Waals surface area (Å²) in [7, 11) is 1.28. The Kier molecular flexibility index (Phi) is 4.97. The highest BCUT2D eigenvalue weighted by Gasteiger charge is 2.32. The molecule has 0 unspecified atom stereocenters. The highest BCUT2D eigenvalue weighted by molar-refractivity contribution is 6.32. The molecule has 0 spiro atoms. The summed E-state index contributed by atoms with van der Waals surface area (Å²) in [4.78, 5) is 8.22. The number of anilines is 1. The van der Waals surface area contributed by atoms with E-state index in [1.807, 2.05) is 0 Å². The van der Waals surface area contributed by atoms with Crippen molar-refractivity contribution in [3.8, 4) is 6.01 Å². The fourth-order valence-corrected chi connectivity index (χ4v) is 1.47. The van der Waals surface area contributed by atoms with Crippen LogP contribution in [0.5, 0.6) is 6.01 Å². The molecule has 0 aliphatic heterocycles. The number of alkyl halides is 3. The Morgan fingerprint density at radius 2 is 2.17 bits per heavy atom. The maximum atomic E-state index is 12.4. The van der Waals surface area contributed by atoms with Crippen molar-refractivity contribution < 1.29 is 23.0 Å². The summed E-state index contributed by atoms with van der Waals surface area (Å²) in [6, 6.07) is -0.0977. The van der Waals surface area contributed by atoms with E-state index in [1.54, 1.807) is 0 Å². The second kappa shape index (κ2) is 6.05. The number of nitrogens with zero attached hydrogens (tertiary/aromatic N) is 3. The van der Waals surface area contributed by atoms with Crippen LogP contribution in [0.15, 0.2) is 6.20 Å². The van der Waals surface area contributed by atoms with E-state index in [0.717, 1.165) is 11.1 Å². The zero-order chi connectivity index (χ0) is 13.8. The zero-order valence-electron chi connectivity index (χ0n) is 9.41. The van der Waals surface area contributed by atoms with Gasteiger partial charge in [-0.05, 0) is 0 Å². The highest BCUT2D eigenvalue weighted by atomic mass is 35.5. The number of methoxy groups -OCH3 is 1. The maximum Gasteiger partial charge on any atom is 0.405 e. The van der Waals surface area contributed by atoms with E-state index < -0.39 is 19.3 Å². The van der Waals surface area contributed by atoms with Crippen LogP contribution in [0.25, 0.3) is 0 Å². The quantitative estimate of drug-likeness (QED) is 0.888. The summed E-state index contributed by atoms with van der Waals surface area (Å²) in [5.41, 5.74) is 0. The summed E-state index contributed by atoms with van der Waals surface area (Å²) >= 11 is 5.74. The van der Waals surface area contributed by atoms with Gasteiger partial charge >= 0.3 is 12.2 Å². The lowest BCUT2D eigenvalue weighted by atomic mass is 10.4. The summed E-state index contributed by atoms with van der Waals surface area (Å²) in [5.74, 6) is -0.130. The van der Waals surface area contributed by atoms with Crippen molar-refractivity contribution in [2.24, 2.45) is 0 Å². The first-order valence-electron chi connectivity index (χ1n) is 4.86. The number of aliphatic hydroxyl groups excluding tert-OH is 1. The predicted octanol–water partition coefficient (Wildman–Crippen LogP) is 1.50. The number of hydrogen-bond donors (Lipinski definition) is 1. The van der Waals surface area contributed by atoms with Gasteiger partial charge in [-0.3, -0.25) is 0 Å². The first kappa shape index (κ1) is 14.8. The van der Waals surface area contributed by atoms with Crippen molar-refractivity contribution in [2.75, 3.05) is 31.7 Å². The molecule has 1 aromatic heterocycles. The van der Waals surface area contributed by atoms with Crippen molar-refractivity contribution >= 4 is 17.4 Å². The molecule has 1 heterocycles. The lowest BCUT2D eigenvalue weighted by molar-refractivity contribution is -0.120. The van der Waals surface area contributed by atoms with E-state index in [1.165, 1.54) is 7.11 Å². The van der Waals surface area contributed by atoms with Gasteiger partial charge in [-0.2, -0.15) is 18.2 Å². The third-order valence-corrected chi connectivity index (χ3v) is 2.19. The molecule has 102 valence electrons. The molecule has 0 aliphatic rings. The molecular weight excluding hydrogens is 275 g/mol. The van der Waals surface area contributed by atoms with Crippen LogP contribution in [-0.4, -0.2) is 48.1 Å². The fraction of sp³-hybridized carbons (Fsp3) is 0.556. The predicted molar refractivity (Wildman–Crippen MR) is 58.9 cm³/mol. The smallest absolute Gasteiger partial charge is 0.405 e. The molecule has 1 N–H and O–H groups in total. The fourth-order valence-electron chi connectivity index (χ4n) is 1.26. The number of aliphatic hydroxyl groups is 1. The number of hydrogen-bond acceptors (Lipinski definition) is 5. The Hall–Kier alpha value is -1.28. The monoisotopic (exact) mass is 285 g/mol. The molecule has 0 saturated heterocycles. The normalized spacial score (nSPS) is 11.4. The number of ether oxygens (including phenoxy) is 1. The van der Waals surface area contributed by atoms with Gasteiger partial charge in [0.2, 0.25) is 0 Å². The van der Waals surface area contributed by atoms with Crippen LogP contribution in [0.2, 0.25) is 5.02 Å². The van der Waals surface area contributed by atoms with E-state index in [4.69, 9.17) is 21.4 Å². The first-order valence-corrected chi connectivity index (χ1v) is 5.24. The van der Waals surface area contributed by atoms with Crippen molar-refractivity contribution in [3.63, 3.8) is 0 Å². The van der Waals surface area contributed by atoms with Gasteiger partial charge in [0, 0.05) is 6.54 Å².